The highest BCUT2D eigenvalue weighted by atomic mass is 19.1. The zero-order valence-electron chi connectivity index (χ0n) is 18.9. The Bertz CT molecular complexity index is 1120. The van der Waals surface area contributed by atoms with Crippen molar-refractivity contribution in [1.29, 1.82) is 0 Å². The van der Waals surface area contributed by atoms with Crippen LogP contribution in [-0.4, -0.2) is 51.3 Å². The summed E-state index contributed by atoms with van der Waals surface area (Å²) in [5.41, 5.74) is -1.60. The number of rotatable bonds is 8. The maximum absolute atomic E-state index is 15.3. The molecule has 34 heavy (non-hydrogen) atoms. The fourth-order valence-electron chi connectivity index (χ4n) is 3.82. The normalized spacial score (nSPS) is 23.8. The zero-order chi connectivity index (χ0) is 24.2. The number of nitrogens with zero attached hydrogens (tertiary/aromatic N) is 4. The number of ether oxygens (including phenoxy) is 2. The Hall–Kier alpha value is -3.75. The molecule has 2 heterocycles. The van der Waals surface area contributed by atoms with Crippen LogP contribution in [-0.2, 0) is 17.6 Å². The molecule has 2 aromatic rings. The lowest BCUT2D eigenvalue weighted by molar-refractivity contribution is -0.111. The first kappa shape index (κ1) is 23.4. The number of ketones is 1. The molecule has 2 aromatic heterocycles. The average Bonchev–Trinajstić information content (AvgIpc) is 2.84. The molecule has 0 amide bonds. The second-order valence-electron chi connectivity index (χ2n) is 8.22. The molecule has 2 aliphatic carbocycles. The summed E-state index contributed by atoms with van der Waals surface area (Å²) in [4.78, 5) is 29.0. The molecular formula is C25H24F2N4O3. The Morgan fingerprint density at radius 2 is 1.29 bits per heavy atom. The van der Waals surface area contributed by atoms with Crippen molar-refractivity contribution in [3.63, 3.8) is 0 Å². The highest BCUT2D eigenvalue weighted by Gasteiger charge is 2.33. The Labute approximate surface area is 196 Å². The SMILES string of the molecule is COc1nccc(CC2(F)C=CC(C(=O)C3=CCC(F)(Cc4ccnc(OC)n4)C=C3)=CC2)n1. The van der Waals surface area contributed by atoms with Crippen LogP contribution in [0.3, 0.4) is 0 Å². The van der Waals surface area contributed by atoms with Crippen molar-refractivity contribution >= 4 is 5.78 Å². The molecule has 0 spiro atoms. The van der Waals surface area contributed by atoms with Gasteiger partial charge in [-0.25, -0.2) is 28.7 Å². The second kappa shape index (κ2) is 9.62. The Kier molecular flexibility index (Phi) is 6.63. The van der Waals surface area contributed by atoms with E-state index in [0.29, 0.717) is 22.5 Å². The lowest BCUT2D eigenvalue weighted by Crippen LogP contribution is -2.27. The zero-order valence-corrected chi connectivity index (χ0v) is 18.9. The molecule has 7 nitrogen and oxygen atoms in total. The number of hydrogen-bond acceptors (Lipinski definition) is 7. The van der Waals surface area contributed by atoms with E-state index in [9.17, 15) is 4.79 Å². The highest BCUT2D eigenvalue weighted by Crippen LogP contribution is 2.33. The van der Waals surface area contributed by atoms with Crippen LogP contribution in [0, 0.1) is 0 Å². The maximum Gasteiger partial charge on any atom is 0.316 e. The van der Waals surface area contributed by atoms with Gasteiger partial charge < -0.3 is 9.47 Å². The molecule has 0 saturated carbocycles. The summed E-state index contributed by atoms with van der Waals surface area (Å²) in [6, 6.07) is 3.60. The van der Waals surface area contributed by atoms with Crippen molar-refractivity contribution in [2.75, 3.05) is 14.2 Å². The summed E-state index contributed by atoms with van der Waals surface area (Å²) >= 11 is 0. The molecule has 2 aliphatic rings. The second-order valence-corrected chi connectivity index (χ2v) is 8.22. The summed E-state index contributed by atoms with van der Waals surface area (Å²) in [6.07, 6.45) is 12.0. The fourth-order valence-corrected chi connectivity index (χ4v) is 3.82. The van der Waals surface area contributed by atoms with E-state index in [0.717, 1.165) is 0 Å². The first-order valence-electron chi connectivity index (χ1n) is 10.7. The Morgan fingerprint density at radius 1 is 0.853 bits per heavy atom. The molecule has 2 unspecified atom stereocenters. The first-order chi connectivity index (χ1) is 16.3. The summed E-state index contributed by atoms with van der Waals surface area (Å²) < 4.78 is 40.5. The number of Topliss-reactive ketones (excluding diaryl/α,β-unsaturated/α-hetero) is 1. The first-order valence-corrected chi connectivity index (χ1v) is 10.7. The number of methoxy groups -OCH3 is 2. The third kappa shape index (κ3) is 5.41. The number of carbonyl (C=O) groups excluding carboxylic acids is 1. The standard InChI is InChI=1S/C25H24F2N4O3/c1-33-22-28-13-7-19(30-22)15-24(26)9-3-17(4-10-24)21(32)18-5-11-25(27,12-6-18)16-20-8-14-29-23(31-20)34-2/h3-9,11,13-14H,10,12,15-16H2,1-2H3. The molecule has 0 fully saturated rings. The van der Waals surface area contributed by atoms with Crippen LogP contribution in [0.5, 0.6) is 12.0 Å². The van der Waals surface area contributed by atoms with Gasteiger partial charge in [0.15, 0.2) is 5.78 Å². The van der Waals surface area contributed by atoms with Crippen LogP contribution in [0.4, 0.5) is 8.78 Å². The third-order valence-corrected chi connectivity index (χ3v) is 5.67. The number of alkyl halides is 2. The lowest BCUT2D eigenvalue weighted by atomic mass is 9.84. The fraction of sp³-hybridized carbons (Fsp3) is 0.320. The molecule has 0 aromatic carbocycles. The Morgan fingerprint density at radius 3 is 1.65 bits per heavy atom. The van der Waals surface area contributed by atoms with E-state index >= 15 is 8.78 Å². The van der Waals surface area contributed by atoms with E-state index in [-0.39, 0.29) is 43.5 Å². The molecule has 0 saturated heterocycles. The molecule has 4 rings (SSSR count). The van der Waals surface area contributed by atoms with E-state index in [1.165, 1.54) is 50.9 Å². The summed E-state index contributed by atoms with van der Waals surface area (Å²) in [5, 5.41) is 0. The van der Waals surface area contributed by atoms with Gasteiger partial charge in [-0.1, -0.05) is 24.3 Å². The maximum atomic E-state index is 15.3. The van der Waals surface area contributed by atoms with Gasteiger partial charge in [-0.15, -0.1) is 0 Å². The lowest BCUT2D eigenvalue weighted by Gasteiger charge is -2.25. The van der Waals surface area contributed by atoms with Gasteiger partial charge in [-0.05, 0) is 24.3 Å². The van der Waals surface area contributed by atoms with Crippen molar-refractivity contribution in [3.05, 3.63) is 83.5 Å². The van der Waals surface area contributed by atoms with Gasteiger partial charge in [0, 0.05) is 49.2 Å². The van der Waals surface area contributed by atoms with Crippen molar-refractivity contribution in [2.45, 2.75) is 37.0 Å². The minimum Gasteiger partial charge on any atom is -0.467 e. The molecule has 0 bridgehead atoms. The number of allylic oxidation sites excluding steroid dienone is 8. The van der Waals surface area contributed by atoms with Crippen LogP contribution >= 0.6 is 0 Å². The third-order valence-electron chi connectivity index (χ3n) is 5.67. The van der Waals surface area contributed by atoms with E-state index in [2.05, 4.69) is 19.9 Å². The van der Waals surface area contributed by atoms with Crippen molar-refractivity contribution in [1.82, 2.24) is 19.9 Å². The van der Waals surface area contributed by atoms with Gasteiger partial charge >= 0.3 is 12.0 Å². The minimum atomic E-state index is -1.67. The monoisotopic (exact) mass is 466 g/mol. The van der Waals surface area contributed by atoms with Crippen molar-refractivity contribution in [2.24, 2.45) is 0 Å². The van der Waals surface area contributed by atoms with Crippen molar-refractivity contribution < 1.29 is 23.0 Å². The molecule has 0 N–H and O–H groups in total. The topological polar surface area (TPSA) is 87.1 Å². The average molecular weight is 466 g/mol. The summed E-state index contributed by atoms with van der Waals surface area (Å²) in [6.45, 7) is 0. The van der Waals surface area contributed by atoms with Gasteiger partial charge in [0.1, 0.15) is 11.3 Å². The van der Waals surface area contributed by atoms with Gasteiger partial charge in [0.05, 0.1) is 25.6 Å². The molecule has 9 heteroatoms. The quantitative estimate of drug-likeness (QED) is 0.584. The molecule has 0 aliphatic heterocycles. The number of carbonyl (C=O) groups is 1. The molecule has 0 radical (unpaired) electrons. The van der Waals surface area contributed by atoms with E-state index < -0.39 is 11.3 Å². The predicted molar refractivity (Wildman–Crippen MR) is 121 cm³/mol. The molecule has 2 atom stereocenters. The summed E-state index contributed by atoms with van der Waals surface area (Å²) in [5.74, 6) is -0.274. The highest BCUT2D eigenvalue weighted by molar-refractivity contribution is 6.12. The van der Waals surface area contributed by atoms with Crippen LogP contribution < -0.4 is 9.47 Å². The van der Waals surface area contributed by atoms with E-state index in [1.54, 1.807) is 24.3 Å². The van der Waals surface area contributed by atoms with Crippen LogP contribution in [0.25, 0.3) is 0 Å². The molecular weight excluding hydrogens is 442 g/mol. The van der Waals surface area contributed by atoms with Crippen LogP contribution in [0.1, 0.15) is 24.2 Å². The van der Waals surface area contributed by atoms with Crippen LogP contribution in [0.15, 0.2) is 72.1 Å². The number of halogens is 2. The van der Waals surface area contributed by atoms with Gasteiger partial charge in [0.2, 0.25) is 0 Å². The predicted octanol–water partition coefficient (Wildman–Crippen LogP) is 3.83. The Balaban J connectivity index is 1.38. The largest absolute Gasteiger partial charge is 0.467 e. The number of aromatic nitrogens is 4. The van der Waals surface area contributed by atoms with Crippen LogP contribution in [0.2, 0.25) is 0 Å². The van der Waals surface area contributed by atoms with Crippen molar-refractivity contribution in [3.8, 4) is 12.0 Å². The van der Waals surface area contributed by atoms with Gasteiger partial charge in [-0.3, -0.25) is 4.79 Å². The van der Waals surface area contributed by atoms with E-state index in [1.807, 2.05) is 0 Å². The van der Waals surface area contributed by atoms with Gasteiger partial charge in [-0.2, -0.15) is 0 Å². The number of hydrogen-bond donors (Lipinski definition) is 0. The minimum absolute atomic E-state index is 0.0243. The summed E-state index contributed by atoms with van der Waals surface area (Å²) in [7, 11) is 2.89. The smallest absolute Gasteiger partial charge is 0.316 e. The molecule has 176 valence electrons. The van der Waals surface area contributed by atoms with E-state index in [4.69, 9.17) is 9.47 Å². The van der Waals surface area contributed by atoms with Gasteiger partial charge in [0.25, 0.3) is 0 Å².